The van der Waals surface area contributed by atoms with Crippen molar-refractivity contribution < 1.29 is 14.3 Å². The lowest BCUT2D eigenvalue weighted by atomic mass is 10.1. The van der Waals surface area contributed by atoms with E-state index < -0.39 is 0 Å². The fourth-order valence-electron chi connectivity index (χ4n) is 1.83. The van der Waals surface area contributed by atoms with Gasteiger partial charge in [-0.1, -0.05) is 0 Å². The molecule has 1 amide bonds. The van der Waals surface area contributed by atoms with Crippen LogP contribution in [-0.4, -0.2) is 11.0 Å². The van der Waals surface area contributed by atoms with Gasteiger partial charge >= 0.3 is 0 Å². The smallest absolute Gasteiger partial charge is 0.251 e. The molecule has 2 rings (SSSR count). The summed E-state index contributed by atoms with van der Waals surface area (Å²) in [6.45, 7) is 5.48. The van der Waals surface area contributed by atoms with Gasteiger partial charge in [0.2, 0.25) is 0 Å². The lowest BCUT2D eigenvalue weighted by molar-refractivity contribution is 0.0935. The lowest BCUT2D eigenvalue weighted by Gasteiger charge is -2.12. The highest BCUT2D eigenvalue weighted by Crippen LogP contribution is 2.19. The fraction of sp³-hybridized carbons (Fsp3) is 0.267. The number of carbonyl (C=O) groups excluding carboxylic acids is 1. The standard InChI is InChI=1S/C15H17NO3/c1-9-8-12(5-6-13(9)17)15(18)16-11(3)14-7-4-10(2)19-14/h4-8,11,17H,1-3H3,(H,16,18). The van der Waals surface area contributed by atoms with Crippen molar-refractivity contribution in [2.45, 2.75) is 26.8 Å². The Morgan fingerprint density at radius 2 is 2.00 bits per heavy atom. The molecule has 0 spiro atoms. The summed E-state index contributed by atoms with van der Waals surface area (Å²) in [5.74, 6) is 1.54. The van der Waals surface area contributed by atoms with Gasteiger partial charge in [-0.25, -0.2) is 0 Å². The van der Waals surface area contributed by atoms with Gasteiger partial charge in [-0.05, 0) is 56.7 Å². The minimum Gasteiger partial charge on any atom is -0.508 e. The second-order valence-electron chi connectivity index (χ2n) is 4.64. The molecule has 0 fully saturated rings. The maximum atomic E-state index is 12.1. The molecule has 1 atom stereocenters. The summed E-state index contributed by atoms with van der Waals surface area (Å²) < 4.78 is 5.47. The normalized spacial score (nSPS) is 12.2. The Balaban J connectivity index is 2.10. The Bertz CT molecular complexity index is 601. The molecule has 19 heavy (non-hydrogen) atoms. The van der Waals surface area contributed by atoms with Crippen molar-refractivity contribution in [3.05, 3.63) is 53.0 Å². The molecule has 4 nitrogen and oxygen atoms in total. The van der Waals surface area contributed by atoms with Crippen LogP contribution in [0.25, 0.3) is 0 Å². The van der Waals surface area contributed by atoms with Crippen molar-refractivity contribution in [3.63, 3.8) is 0 Å². The van der Waals surface area contributed by atoms with Crippen molar-refractivity contribution in [2.24, 2.45) is 0 Å². The van der Waals surface area contributed by atoms with E-state index in [1.807, 2.05) is 26.0 Å². The van der Waals surface area contributed by atoms with Crippen LogP contribution in [0.2, 0.25) is 0 Å². The van der Waals surface area contributed by atoms with Gasteiger partial charge in [-0.2, -0.15) is 0 Å². The number of benzene rings is 1. The van der Waals surface area contributed by atoms with E-state index in [1.54, 1.807) is 19.1 Å². The van der Waals surface area contributed by atoms with Crippen molar-refractivity contribution >= 4 is 5.91 Å². The molecule has 0 aliphatic rings. The maximum absolute atomic E-state index is 12.1. The molecule has 1 unspecified atom stereocenters. The second-order valence-corrected chi connectivity index (χ2v) is 4.64. The van der Waals surface area contributed by atoms with Crippen molar-refractivity contribution in [1.82, 2.24) is 5.32 Å². The summed E-state index contributed by atoms with van der Waals surface area (Å²) in [5.41, 5.74) is 1.19. The van der Waals surface area contributed by atoms with E-state index in [0.29, 0.717) is 11.1 Å². The Morgan fingerprint density at radius 3 is 2.58 bits per heavy atom. The lowest BCUT2D eigenvalue weighted by Crippen LogP contribution is -2.26. The molecule has 0 bridgehead atoms. The van der Waals surface area contributed by atoms with E-state index in [9.17, 15) is 9.90 Å². The zero-order chi connectivity index (χ0) is 14.0. The third-order valence-corrected chi connectivity index (χ3v) is 2.99. The summed E-state index contributed by atoms with van der Waals surface area (Å²) in [4.78, 5) is 12.1. The van der Waals surface area contributed by atoms with E-state index in [2.05, 4.69) is 5.32 Å². The summed E-state index contributed by atoms with van der Waals surface area (Å²) >= 11 is 0. The number of hydrogen-bond donors (Lipinski definition) is 2. The topological polar surface area (TPSA) is 62.5 Å². The summed E-state index contributed by atoms with van der Waals surface area (Å²) in [5, 5.41) is 12.3. The molecule has 0 aliphatic heterocycles. The van der Waals surface area contributed by atoms with Crippen molar-refractivity contribution in [3.8, 4) is 5.75 Å². The second kappa shape index (κ2) is 5.18. The van der Waals surface area contributed by atoms with Crippen molar-refractivity contribution in [1.29, 1.82) is 0 Å². The van der Waals surface area contributed by atoms with Crippen LogP contribution in [0, 0.1) is 13.8 Å². The number of phenolic OH excluding ortho intramolecular Hbond substituents is 1. The largest absolute Gasteiger partial charge is 0.508 e. The number of phenols is 1. The zero-order valence-electron chi connectivity index (χ0n) is 11.2. The summed E-state index contributed by atoms with van der Waals surface area (Å²) in [7, 11) is 0. The Labute approximate surface area is 112 Å². The molecular formula is C15H17NO3. The SMILES string of the molecule is Cc1ccc(C(C)NC(=O)c2ccc(O)c(C)c2)o1. The summed E-state index contributed by atoms with van der Waals surface area (Å²) in [6.07, 6.45) is 0. The number of hydrogen-bond acceptors (Lipinski definition) is 3. The van der Waals surface area contributed by atoms with Crippen LogP contribution >= 0.6 is 0 Å². The van der Waals surface area contributed by atoms with Crippen LogP contribution in [0.4, 0.5) is 0 Å². The number of nitrogens with one attached hydrogen (secondary N) is 1. The van der Waals surface area contributed by atoms with Gasteiger partial charge in [0.05, 0.1) is 6.04 Å². The number of carbonyl (C=O) groups is 1. The molecule has 2 aromatic rings. The predicted octanol–water partition coefficient (Wildman–Crippen LogP) is 3.09. The third kappa shape index (κ3) is 2.96. The van der Waals surface area contributed by atoms with E-state index in [-0.39, 0.29) is 17.7 Å². The highest BCUT2D eigenvalue weighted by atomic mass is 16.3. The molecule has 1 heterocycles. The first-order valence-electron chi connectivity index (χ1n) is 6.14. The van der Waals surface area contributed by atoms with Crippen molar-refractivity contribution in [2.75, 3.05) is 0 Å². The van der Waals surface area contributed by atoms with Gasteiger partial charge in [-0.3, -0.25) is 4.79 Å². The Morgan fingerprint density at radius 1 is 1.26 bits per heavy atom. The number of rotatable bonds is 3. The molecule has 100 valence electrons. The number of aryl methyl sites for hydroxylation is 2. The molecule has 4 heteroatoms. The number of amides is 1. The van der Waals surface area contributed by atoms with Gasteiger partial charge in [0, 0.05) is 5.56 Å². The predicted molar refractivity (Wildman–Crippen MR) is 72.2 cm³/mol. The average molecular weight is 259 g/mol. The summed E-state index contributed by atoms with van der Waals surface area (Å²) in [6, 6.07) is 8.29. The van der Waals surface area contributed by atoms with Crippen LogP contribution in [0.1, 0.15) is 40.4 Å². The van der Waals surface area contributed by atoms with Crippen LogP contribution < -0.4 is 5.32 Å². The fourth-order valence-corrected chi connectivity index (χ4v) is 1.83. The van der Waals surface area contributed by atoms with Gasteiger partial charge in [0.1, 0.15) is 17.3 Å². The molecule has 2 N–H and O–H groups in total. The monoisotopic (exact) mass is 259 g/mol. The number of furan rings is 1. The Kier molecular flexibility index (Phi) is 3.60. The number of aromatic hydroxyl groups is 1. The molecular weight excluding hydrogens is 242 g/mol. The molecule has 0 saturated heterocycles. The van der Waals surface area contributed by atoms with E-state index in [1.165, 1.54) is 6.07 Å². The van der Waals surface area contributed by atoms with Crippen LogP contribution in [-0.2, 0) is 0 Å². The van der Waals surface area contributed by atoms with E-state index in [0.717, 1.165) is 11.5 Å². The van der Waals surface area contributed by atoms with Gasteiger partial charge in [0.15, 0.2) is 0 Å². The van der Waals surface area contributed by atoms with Gasteiger partial charge < -0.3 is 14.8 Å². The highest BCUT2D eigenvalue weighted by molar-refractivity contribution is 5.94. The van der Waals surface area contributed by atoms with Crippen LogP contribution in [0.3, 0.4) is 0 Å². The first-order valence-corrected chi connectivity index (χ1v) is 6.14. The van der Waals surface area contributed by atoms with E-state index >= 15 is 0 Å². The highest BCUT2D eigenvalue weighted by Gasteiger charge is 2.14. The molecule has 0 aliphatic carbocycles. The van der Waals surface area contributed by atoms with Crippen LogP contribution in [0.5, 0.6) is 5.75 Å². The third-order valence-electron chi connectivity index (χ3n) is 2.99. The molecule has 0 saturated carbocycles. The van der Waals surface area contributed by atoms with E-state index in [4.69, 9.17) is 4.42 Å². The average Bonchev–Trinajstić information content (AvgIpc) is 2.79. The minimum absolute atomic E-state index is 0.186. The first kappa shape index (κ1) is 13.2. The first-order chi connectivity index (χ1) is 8.97. The molecule has 1 aromatic heterocycles. The maximum Gasteiger partial charge on any atom is 0.251 e. The molecule has 1 aromatic carbocycles. The quantitative estimate of drug-likeness (QED) is 0.890. The molecule has 0 radical (unpaired) electrons. The van der Waals surface area contributed by atoms with Gasteiger partial charge in [-0.15, -0.1) is 0 Å². The Hall–Kier alpha value is -2.23. The minimum atomic E-state index is -0.199. The van der Waals surface area contributed by atoms with Gasteiger partial charge in [0.25, 0.3) is 5.91 Å². The zero-order valence-corrected chi connectivity index (χ0v) is 11.2. The van der Waals surface area contributed by atoms with Crippen LogP contribution in [0.15, 0.2) is 34.7 Å².